The van der Waals surface area contributed by atoms with Crippen LogP contribution in [0.3, 0.4) is 0 Å². The van der Waals surface area contributed by atoms with Crippen molar-refractivity contribution in [2.75, 3.05) is 32.8 Å². The molecule has 0 aromatic rings. The van der Waals surface area contributed by atoms with Crippen molar-refractivity contribution in [3.8, 4) is 0 Å². The standard InChI is InChI=1S/C27H43N3O4S/c1-6-10-11-17-29(16-9-4)26(34)23-27-13-12-20(35-27)21(24(32)28(14-7-2)15-8-3)22(27)25(33)30(23)19(5)18-31/h7,9,19-23,31H,2,4,6,8,10-18H2,1,3,5H3/t19-,20-,21+,22+,23?,27?/m1/s1. The third-order valence-electron chi connectivity index (χ3n) is 7.84. The van der Waals surface area contributed by atoms with Crippen LogP contribution in [0.4, 0.5) is 0 Å². The molecule has 3 rings (SSSR count). The van der Waals surface area contributed by atoms with E-state index in [1.54, 1.807) is 35.7 Å². The quantitative estimate of drug-likeness (QED) is 0.290. The number of fused-ring (bicyclic) bond motifs is 1. The zero-order valence-electron chi connectivity index (χ0n) is 21.7. The summed E-state index contributed by atoms with van der Waals surface area (Å²) in [5.74, 6) is -1.20. The van der Waals surface area contributed by atoms with E-state index in [0.29, 0.717) is 26.2 Å². The maximum atomic E-state index is 14.1. The van der Waals surface area contributed by atoms with Crippen LogP contribution in [0.1, 0.15) is 59.3 Å². The lowest BCUT2D eigenvalue weighted by molar-refractivity contribution is -0.146. The minimum Gasteiger partial charge on any atom is -0.394 e. The van der Waals surface area contributed by atoms with Crippen molar-refractivity contribution >= 4 is 29.5 Å². The van der Waals surface area contributed by atoms with Crippen LogP contribution in [0.15, 0.2) is 25.3 Å². The molecule has 7 nitrogen and oxygen atoms in total. The number of nitrogens with zero attached hydrogens (tertiary/aromatic N) is 3. The average molecular weight is 506 g/mol. The van der Waals surface area contributed by atoms with E-state index < -0.39 is 28.7 Å². The third kappa shape index (κ3) is 4.93. The van der Waals surface area contributed by atoms with Gasteiger partial charge in [-0.3, -0.25) is 14.4 Å². The molecule has 2 bridgehead atoms. The number of hydrogen-bond acceptors (Lipinski definition) is 5. The molecule has 196 valence electrons. The van der Waals surface area contributed by atoms with Gasteiger partial charge >= 0.3 is 0 Å². The van der Waals surface area contributed by atoms with Gasteiger partial charge in [-0.05, 0) is 32.6 Å². The van der Waals surface area contributed by atoms with Gasteiger partial charge < -0.3 is 19.8 Å². The molecular formula is C27H43N3O4S. The summed E-state index contributed by atoms with van der Waals surface area (Å²) >= 11 is 1.68. The SMILES string of the molecule is C=CCN(CCCCC)C(=O)C1N([C@H](C)CO)C(=O)[C@@H]2[C@@H](C(=O)N(CC=C)CCC)[C@H]3CCC12S3. The molecule has 0 saturated carbocycles. The van der Waals surface area contributed by atoms with E-state index in [2.05, 4.69) is 20.1 Å². The fraction of sp³-hybridized carbons (Fsp3) is 0.741. The molecule has 0 aliphatic carbocycles. The lowest BCUT2D eigenvalue weighted by atomic mass is 9.70. The summed E-state index contributed by atoms with van der Waals surface area (Å²) in [5.41, 5.74) is 0. The molecule has 35 heavy (non-hydrogen) atoms. The second-order valence-corrected chi connectivity index (χ2v) is 11.8. The number of thioether (sulfide) groups is 1. The molecule has 1 N–H and O–H groups in total. The second kappa shape index (κ2) is 12.0. The minimum atomic E-state index is -0.671. The number of aliphatic hydroxyl groups excluding tert-OH is 1. The Hall–Kier alpha value is -1.80. The highest BCUT2D eigenvalue weighted by molar-refractivity contribution is 8.02. The highest BCUT2D eigenvalue weighted by Gasteiger charge is 2.74. The van der Waals surface area contributed by atoms with Gasteiger partial charge in [-0.15, -0.1) is 24.9 Å². The monoisotopic (exact) mass is 505 g/mol. The highest BCUT2D eigenvalue weighted by atomic mass is 32.2. The summed E-state index contributed by atoms with van der Waals surface area (Å²) in [6.45, 7) is 15.5. The summed E-state index contributed by atoms with van der Waals surface area (Å²) in [6.07, 6.45) is 8.83. The minimum absolute atomic E-state index is 0.000214. The molecule has 6 atom stereocenters. The van der Waals surface area contributed by atoms with E-state index in [1.165, 1.54) is 0 Å². The van der Waals surface area contributed by atoms with Crippen LogP contribution < -0.4 is 0 Å². The predicted octanol–water partition coefficient (Wildman–Crippen LogP) is 3.09. The van der Waals surface area contributed by atoms with Crippen molar-refractivity contribution in [1.29, 1.82) is 0 Å². The third-order valence-corrected chi connectivity index (χ3v) is 9.80. The molecule has 0 radical (unpaired) electrons. The Labute approximate surface area is 215 Å². The van der Waals surface area contributed by atoms with Gasteiger partial charge in [0.05, 0.1) is 29.2 Å². The van der Waals surface area contributed by atoms with Crippen LogP contribution in [-0.2, 0) is 14.4 Å². The van der Waals surface area contributed by atoms with E-state index >= 15 is 0 Å². The summed E-state index contributed by atoms with van der Waals surface area (Å²) in [5, 5.41) is 10.1. The van der Waals surface area contributed by atoms with Crippen LogP contribution in [0.25, 0.3) is 0 Å². The number of unbranched alkanes of at least 4 members (excludes halogenated alkanes) is 2. The van der Waals surface area contributed by atoms with E-state index in [9.17, 15) is 19.5 Å². The number of rotatable bonds is 14. The lowest BCUT2D eigenvalue weighted by Gasteiger charge is -2.39. The van der Waals surface area contributed by atoms with Crippen LogP contribution in [-0.4, -0.2) is 92.4 Å². The zero-order chi connectivity index (χ0) is 25.8. The first-order chi connectivity index (χ1) is 16.8. The average Bonchev–Trinajstić information content (AvgIpc) is 3.49. The Balaban J connectivity index is 2.00. The van der Waals surface area contributed by atoms with Crippen molar-refractivity contribution in [1.82, 2.24) is 14.7 Å². The van der Waals surface area contributed by atoms with Gasteiger partial charge in [0.2, 0.25) is 17.7 Å². The van der Waals surface area contributed by atoms with Crippen molar-refractivity contribution < 1.29 is 19.5 Å². The summed E-state index contributed by atoms with van der Waals surface area (Å²) < 4.78 is -0.626. The Morgan fingerprint density at radius 3 is 2.37 bits per heavy atom. The topological polar surface area (TPSA) is 81.2 Å². The molecule has 8 heteroatoms. The molecule has 3 saturated heterocycles. The number of likely N-dealkylation sites (tertiary alicyclic amines) is 1. The van der Waals surface area contributed by atoms with Crippen LogP contribution in [0.5, 0.6) is 0 Å². The van der Waals surface area contributed by atoms with E-state index in [4.69, 9.17) is 0 Å². The Kier molecular flexibility index (Phi) is 9.49. The van der Waals surface area contributed by atoms with Crippen molar-refractivity contribution in [2.45, 2.75) is 81.4 Å². The van der Waals surface area contributed by atoms with Gasteiger partial charge in [0.1, 0.15) is 6.04 Å². The van der Waals surface area contributed by atoms with Crippen LogP contribution in [0, 0.1) is 11.8 Å². The van der Waals surface area contributed by atoms with Gasteiger partial charge in [-0.25, -0.2) is 0 Å². The van der Waals surface area contributed by atoms with E-state index in [1.807, 2.05) is 16.7 Å². The summed E-state index contributed by atoms with van der Waals surface area (Å²) in [7, 11) is 0. The van der Waals surface area contributed by atoms with Gasteiger partial charge in [-0.2, -0.15) is 0 Å². The molecule has 1 spiro atoms. The molecule has 0 aromatic heterocycles. The Bertz CT molecular complexity index is 820. The van der Waals surface area contributed by atoms with Gasteiger partial charge in [0, 0.05) is 31.4 Å². The smallest absolute Gasteiger partial charge is 0.247 e. The number of hydrogen-bond donors (Lipinski definition) is 1. The summed E-state index contributed by atoms with van der Waals surface area (Å²) in [4.78, 5) is 47.1. The zero-order valence-corrected chi connectivity index (χ0v) is 22.5. The fourth-order valence-electron chi connectivity index (χ4n) is 6.32. The van der Waals surface area contributed by atoms with Crippen LogP contribution in [0.2, 0.25) is 0 Å². The number of carbonyl (C=O) groups is 3. The number of carbonyl (C=O) groups excluding carboxylic acids is 3. The van der Waals surface area contributed by atoms with Crippen molar-refractivity contribution in [2.24, 2.45) is 11.8 Å². The van der Waals surface area contributed by atoms with Crippen molar-refractivity contribution in [3.05, 3.63) is 25.3 Å². The maximum absolute atomic E-state index is 14.1. The lowest BCUT2D eigenvalue weighted by Crippen LogP contribution is -2.57. The first-order valence-corrected chi connectivity index (χ1v) is 14.1. The fourth-order valence-corrected chi connectivity index (χ4v) is 8.51. The molecule has 0 aromatic carbocycles. The first kappa shape index (κ1) is 27.8. The normalized spacial score (nSPS) is 29.7. The highest BCUT2D eigenvalue weighted by Crippen LogP contribution is 2.67. The van der Waals surface area contributed by atoms with Crippen LogP contribution >= 0.6 is 11.8 Å². The Morgan fingerprint density at radius 1 is 1.14 bits per heavy atom. The molecule has 3 heterocycles. The van der Waals surface area contributed by atoms with Crippen molar-refractivity contribution in [3.63, 3.8) is 0 Å². The molecule has 2 unspecified atom stereocenters. The number of amides is 3. The molecule has 3 aliphatic rings. The van der Waals surface area contributed by atoms with E-state index in [-0.39, 0.29) is 29.6 Å². The maximum Gasteiger partial charge on any atom is 0.247 e. The van der Waals surface area contributed by atoms with Gasteiger partial charge in [0.15, 0.2) is 0 Å². The predicted molar refractivity (Wildman–Crippen MR) is 141 cm³/mol. The molecular weight excluding hydrogens is 462 g/mol. The van der Waals surface area contributed by atoms with Gasteiger partial charge in [-0.1, -0.05) is 38.8 Å². The second-order valence-electron chi connectivity index (χ2n) is 10.2. The van der Waals surface area contributed by atoms with E-state index in [0.717, 1.165) is 38.5 Å². The number of aliphatic hydroxyl groups is 1. The summed E-state index contributed by atoms with van der Waals surface area (Å²) in [6, 6.07) is -1.16. The molecule has 3 amide bonds. The molecule has 3 fully saturated rings. The van der Waals surface area contributed by atoms with Gasteiger partial charge in [0.25, 0.3) is 0 Å². The largest absolute Gasteiger partial charge is 0.394 e. The molecule has 3 aliphatic heterocycles. The Morgan fingerprint density at radius 2 is 1.80 bits per heavy atom. The first-order valence-electron chi connectivity index (χ1n) is 13.2.